The van der Waals surface area contributed by atoms with E-state index in [2.05, 4.69) is 6.58 Å². The van der Waals surface area contributed by atoms with E-state index in [0.29, 0.717) is 12.0 Å². The van der Waals surface area contributed by atoms with Crippen molar-refractivity contribution in [2.45, 2.75) is 44.5 Å². The summed E-state index contributed by atoms with van der Waals surface area (Å²) in [5.74, 6) is -1.19. The van der Waals surface area contributed by atoms with Crippen LogP contribution in [0.3, 0.4) is 0 Å². The number of ether oxygens (including phenoxy) is 4. The number of hydrogen-bond donors (Lipinski definition) is 0. The smallest absolute Gasteiger partial charge is 0.334 e. The molecule has 0 radical (unpaired) electrons. The molecule has 0 amide bonds. The Morgan fingerprint density at radius 2 is 1.80 bits per heavy atom. The zero-order valence-electron chi connectivity index (χ0n) is 19.6. The summed E-state index contributed by atoms with van der Waals surface area (Å²) in [5, 5.41) is 2.00. The van der Waals surface area contributed by atoms with Crippen LogP contribution in [-0.2, 0) is 35.0 Å². The number of carbonyl (C=O) groups is 3. The van der Waals surface area contributed by atoms with Gasteiger partial charge in [0, 0.05) is 24.0 Å². The highest BCUT2D eigenvalue weighted by Crippen LogP contribution is 2.38. The van der Waals surface area contributed by atoms with E-state index < -0.39 is 36.0 Å². The molecule has 0 N–H and O–H groups in total. The molecule has 3 aliphatic rings. The Hall–Kier alpha value is -3.87. The van der Waals surface area contributed by atoms with Crippen LogP contribution in [-0.4, -0.2) is 43.3 Å². The van der Waals surface area contributed by atoms with Crippen LogP contribution in [0.4, 0.5) is 0 Å². The molecule has 7 nitrogen and oxygen atoms in total. The third kappa shape index (κ3) is 4.58. The van der Waals surface area contributed by atoms with Crippen LogP contribution in [0.2, 0.25) is 0 Å². The van der Waals surface area contributed by atoms with E-state index in [1.807, 2.05) is 49.4 Å². The number of benzene rings is 2. The molecular formula is C28H26O7. The van der Waals surface area contributed by atoms with Crippen LogP contribution in [0, 0.1) is 5.92 Å². The minimum atomic E-state index is -0.746. The van der Waals surface area contributed by atoms with Gasteiger partial charge in [-0.25, -0.2) is 9.59 Å². The third-order valence-electron chi connectivity index (χ3n) is 6.71. The standard InChI is InChI=1S/C28H26O7/c1-15-8-22-13-20(28(31)33-22)14-24-26(16(2)27(30)35-24)23(9-15)34-25(29)11-17-4-5-19-12-21(32-3)7-6-18(19)10-17/h4-7,9-10,12-13,22-24,26H,2,8,11,14H2,1,3H3/b15-9+/t22-,23-,24+,26+/m1/s1. The van der Waals surface area contributed by atoms with Crippen molar-refractivity contribution in [3.05, 3.63) is 77.4 Å². The van der Waals surface area contributed by atoms with Gasteiger partial charge in [-0.15, -0.1) is 0 Å². The molecule has 4 atom stereocenters. The second-order valence-electron chi connectivity index (χ2n) is 9.23. The predicted molar refractivity (Wildman–Crippen MR) is 128 cm³/mol. The lowest BCUT2D eigenvalue weighted by molar-refractivity contribution is -0.149. The van der Waals surface area contributed by atoms with Crippen LogP contribution < -0.4 is 4.74 Å². The molecule has 35 heavy (non-hydrogen) atoms. The van der Waals surface area contributed by atoms with Crippen LogP contribution in [0.15, 0.2) is 71.8 Å². The zero-order chi connectivity index (χ0) is 24.7. The van der Waals surface area contributed by atoms with Crippen molar-refractivity contribution >= 4 is 28.7 Å². The van der Waals surface area contributed by atoms with E-state index in [9.17, 15) is 14.4 Å². The van der Waals surface area contributed by atoms with E-state index in [4.69, 9.17) is 18.9 Å². The van der Waals surface area contributed by atoms with E-state index in [-0.39, 0.29) is 24.5 Å². The summed E-state index contributed by atoms with van der Waals surface area (Å²) >= 11 is 0. The summed E-state index contributed by atoms with van der Waals surface area (Å²) in [4.78, 5) is 37.7. The Labute approximate surface area is 203 Å². The highest BCUT2D eigenvalue weighted by molar-refractivity contribution is 5.93. The van der Waals surface area contributed by atoms with Gasteiger partial charge in [-0.2, -0.15) is 0 Å². The van der Waals surface area contributed by atoms with Crippen molar-refractivity contribution in [1.29, 1.82) is 0 Å². The summed E-state index contributed by atoms with van der Waals surface area (Å²) in [6.07, 6.45) is 2.56. The van der Waals surface area contributed by atoms with Gasteiger partial charge in [-0.05, 0) is 47.5 Å². The first kappa shape index (κ1) is 22.9. The first-order valence-electron chi connectivity index (χ1n) is 11.6. The maximum Gasteiger partial charge on any atom is 0.334 e. The Morgan fingerprint density at radius 1 is 1.03 bits per heavy atom. The van der Waals surface area contributed by atoms with Crippen molar-refractivity contribution < 1.29 is 33.3 Å². The molecule has 2 aromatic rings. The van der Waals surface area contributed by atoms with Gasteiger partial charge >= 0.3 is 17.9 Å². The molecule has 1 fully saturated rings. The Kier molecular flexibility index (Phi) is 5.93. The van der Waals surface area contributed by atoms with Crippen LogP contribution >= 0.6 is 0 Å². The van der Waals surface area contributed by atoms with Gasteiger partial charge in [0.25, 0.3) is 0 Å². The first-order valence-corrected chi connectivity index (χ1v) is 11.6. The quantitative estimate of drug-likeness (QED) is 0.287. The van der Waals surface area contributed by atoms with E-state index >= 15 is 0 Å². The fraction of sp³-hybridized carbons (Fsp3) is 0.321. The van der Waals surface area contributed by atoms with Gasteiger partial charge in [-0.1, -0.05) is 36.4 Å². The molecule has 2 heterocycles. The molecule has 0 aromatic heterocycles. The number of hydrogen-bond acceptors (Lipinski definition) is 7. The molecule has 2 aliphatic heterocycles. The molecule has 1 saturated heterocycles. The molecule has 0 spiro atoms. The van der Waals surface area contributed by atoms with Crippen molar-refractivity contribution in [2.24, 2.45) is 5.92 Å². The number of fused-ring (bicyclic) bond motifs is 3. The number of carbonyl (C=O) groups excluding carboxylic acids is 3. The average Bonchev–Trinajstić information content (AvgIpc) is 3.29. The number of methoxy groups -OCH3 is 1. The first-order chi connectivity index (χ1) is 16.8. The van der Waals surface area contributed by atoms with Crippen LogP contribution in [0.1, 0.15) is 25.3 Å². The Morgan fingerprint density at radius 3 is 2.60 bits per heavy atom. The second-order valence-corrected chi connectivity index (χ2v) is 9.23. The summed E-state index contributed by atoms with van der Waals surface area (Å²) in [5.41, 5.74) is 2.40. The molecule has 7 heteroatoms. The molecule has 2 aromatic carbocycles. The zero-order valence-corrected chi connectivity index (χ0v) is 19.6. The summed E-state index contributed by atoms with van der Waals surface area (Å²) in [6.45, 7) is 5.78. The topological polar surface area (TPSA) is 88.1 Å². The third-order valence-corrected chi connectivity index (χ3v) is 6.71. The van der Waals surface area contributed by atoms with Gasteiger partial charge < -0.3 is 18.9 Å². The van der Waals surface area contributed by atoms with E-state index in [1.165, 1.54) is 0 Å². The van der Waals surface area contributed by atoms with Gasteiger partial charge in [0.1, 0.15) is 24.1 Å². The van der Waals surface area contributed by atoms with E-state index in [1.54, 1.807) is 13.2 Å². The van der Waals surface area contributed by atoms with Crippen LogP contribution in [0.25, 0.3) is 10.8 Å². The molecule has 5 rings (SSSR count). The van der Waals surface area contributed by atoms with Gasteiger partial charge in [-0.3, -0.25) is 4.79 Å². The molecular weight excluding hydrogens is 448 g/mol. The van der Waals surface area contributed by atoms with Crippen LogP contribution in [0.5, 0.6) is 5.75 Å². The van der Waals surface area contributed by atoms with Crippen molar-refractivity contribution in [2.75, 3.05) is 7.11 Å². The van der Waals surface area contributed by atoms with Crippen molar-refractivity contribution in [3.8, 4) is 5.75 Å². The number of esters is 3. The Balaban J connectivity index is 1.38. The average molecular weight is 475 g/mol. The minimum absolute atomic E-state index is 0.0688. The fourth-order valence-electron chi connectivity index (χ4n) is 4.98. The van der Waals surface area contributed by atoms with Crippen molar-refractivity contribution in [1.82, 2.24) is 0 Å². The summed E-state index contributed by atoms with van der Waals surface area (Å²) in [6, 6.07) is 11.5. The normalized spacial score (nSPS) is 27.3. The van der Waals surface area contributed by atoms with Gasteiger partial charge in [0.2, 0.25) is 0 Å². The lowest BCUT2D eigenvalue weighted by atomic mass is 9.85. The monoisotopic (exact) mass is 474 g/mol. The highest BCUT2D eigenvalue weighted by Gasteiger charge is 2.46. The highest BCUT2D eigenvalue weighted by atomic mass is 16.6. The van der Waals surface area contributed by atoms with E-state index in [0.717, 1.165) is 27.7 Å². The maximum atomic E-state index is 13.0. The number of rotatable bonds is 4. The summed E-state index contributed by atoms with van der Waals surface area (Å²) < 4.78 is 22.1. The molecule has 0 unspecified atom stereocenters. The molecule has 0 saturated carbocycles. The lowest BCUT2D eigenvalue weighted by Gasteiger charge is -2.26. The SMILES string of the molecule is C=C1C(=O)O[C@H]2CC3=C[C@@H](C/C(C)=C/[C@@H](OC(=O)Cc4ccc5cc(OC)ccc5c4)[C@H]12)OC3=O. The largest absolute Gasteiger partial charge is 0.497 e. The Bertz CT molecular complexity index is 1300. The van der Waals surface area contributed by atoms with Crippen molar-refractivity contribution in [3.63, 3.8) is 0 Å². The predicted octanol–water partition coefficient (Wildman–Crippen LogP) is 3.99. The van der Waals surface area contributed by atoms with Gasteiger partial charge in [0.05, 0.1) is 19.4 Å². The summed E-state index contributed by atoms with van der Waals surface area (Å²) in [7, 11) is 1.62. The molecule has 2 bridgehead atoms. The fourth-order valence-corrected chi connectivity index (χ4v) is 4.98. The molecule has 180 valence electrons. The second kappa shape index (κ2) is 9.06. The maximum absolute atomic E-state index is 13.0. The lowest BCUT2D eigenvalue weighted by Crippen LogP contribution is -2.33. The van der Waals surface area contributed by atoms with Gasteiger partial charge in [0.15, 0.2) is 0 Å². The minimum Gasteiger partial charge on any atom is -0.497 e. The molecule has 1 aliphatic carbocycles.